The van der Waals surface area contributed by atoms with Gasteiger partial charge in [0.05, 0.1) is 5.69 Å². The van der Waals surface area contributed by atoms with Crippen molar-refractivity contribution < 1.29 is 9.53 Å². The topological polar surface area (TPSA) is 56.2 Å². The number of carbonyl (C=O) groups is 1. The van der Waals surface area contributed by atoms with Crippen LogP contribution in [0.1, 0.15) is 0 Å². The van der Waals surface area contributed by atoms with Crippen LogP contribution >= 0.6 is 11.8 Å². The number of amides is 1. The highest BCUT2D eigenvalue weighted by molar-refractivity contribution is 7.98. The van der Waals surface area contributed by atoms with E-state index in [4.69, 9.17) is 4.74 Å². The molecule has 6 heteroatoms. The molecule has 5 nitrogen and oxygen atoms in total. The quantitative estimate of drug-likeness (QED) is 0.408. The van der Waals surface area contributed by atoms with E-state index in [1.165, 1.54) is 16.4 Å². The maximum atomic E-state index is 12.7. The smallest absolute Gasteiger partial charge is 0.347 e. The maximum Gasteiger partial charge on any atom is 0.347 e. The summed E-state index contributed by atoms with van der Waals surface area (Å²) in [4.78, 5) is 12.7. The number of para-hydroxylation sites is 2. The normalized spacial score (nSPS) is 10.5. The fraction of sp³-hybridized carbons (Fsp3) is 0.0435. The Bertz CT molecular complexity index is 1090. The summed E-state index contributed by atoms with van der Waals surface area (Å²) in [6, 6.07) is 28.2. The van der Waals surface area contributed by atoms with Crippen LogP contribution in [0.3, 0.4) is 0 Å². The van der Waals surface area contributed by atoms with Crippen LogP contribution in [0.4, 0.5) is 10.5 Å². The zero-order valence-corrected chi connectivity index (χ0v) is 16.6. The number of rotatable bonds is 5. The number of nitrogens with one attached hydrogen (secondary N) is 1. The minimum absolute atomic E-state index is 0.296. The van der Waals surface area contributed by atoms with Crippen molar-refractivity contribution in [3.05, 3.63) is 91.0 Å². The lowest BCUT2D eigenvalue weighted by molar-refractivity contribution is 0.249. The Morgan fingerprint density at radius 2 is 1.52 bits per heavy atom. The standard InChI is InChI=1S/C23H19N3O2S/c1-29-22-16-21(25-26(22)23(27)24-18-8-4-2-5-9-18)17-12-14-20(15-13-17)28-19-10-6-3-7-11-19/h2-16H,1H3,(H,24,27). The Morgan fingerprint density at radius 3 is 2.17 bits per heavy atom. The van der Waals surface area contributed by atoms with Crippen molar-refractivity contribution in [3.8, 4) is 22.8 Å². The fourth-order valence-corrected chi connectivity index (χ4v) is 3.34. The van der Waals surface area contributed by atoms with Crippen LogP contribution < -0.4 is 10.1 Å². The van der Waals surface area contributed by atoms with Gasteiger partial charge in [0.25, 0.3) is 0 Å². The van der Waals surface area contributed by atoms with Crippen molar-refractivity contribution >= 4 is 23.5 Å². The Balaban J connectivity index is 1.53. The van der Waals surface area contributed by atoms with Gasteiger partial charge in [-0.3, -0.25) is 0 Å². The van der Waals surface area contributed by atoms with Gasteiger partial charge in [0.2, 0.25) is 0 Å². The number of aromatic nitrogens is 2. The van der Waals surface area contributed by atoms with Crippen molar-refractivity contribution in [1.29, 1.82) is 0 Å². The van der Waals surface area contributed by atoms with Gasteiger partial charge in [-0.2, -0.15) is 9.78 Å². The zero-order chi connectivity index (χ0) is 20.1. The largest absolute Gasteiger partial charge is 0.457 e. The predicted octanol–water partition coefficient (Wildman–Crippen LogP) is 6.14. The van der Waals surface area contributed by atoms with Crippen molar-refractivity contribution in [1.82, 2.24) is 9.78 Å². The molecule has 4 rings (SSSR count). The average Bonchev–Trinajstić information content (AvgIpc) is 3.20. The number of thioether (sulfide) groups is 1. The highest BCUT2D eigenvalue weighted by Gasteiger charge is 2.15. The van der Waals surface area contributed by atoms with Crippen LogP contribution in [-0.2, 0) is 0 Å². The van der Waals surface area contributed by atoms with Crippen LogP contribution in [-0.4, -0.2) is 22.1 Å². The highest BCUT2D eigenvalue weighted by Crippen LogP contribution is 2.28. The summed E-state index contributed by atoms with van der Waals surface area (Å²) in [5.74, 6) is 1.53. The van der Waals surface area contributed by atoms with Crippen LogP contribution in [0, 0.1) is 0 Å². The summed E-state index contributed by atoms with van der Waals surface area (Å²) in [6.07, 6.45) is 1.92. The molecule has 29 heavy (non-hydrogen) atoms. The molecule has 0 saturated heterocycles. The summed E-state index contributed by atoms with van der Waals surface area (Å²) in [5.41, 5.74) is 2.36. The van der Waals surface area contributed by atoms with Gasteiger partial charge >= 0.3 is 6.03 Å². The summed E-state index contributed by atoms with van der Waals surface area (Å²) in [7, 11) is 0. The van der Waals surface area contributed by atoms with Gasteiger partial charge in [0.1, 0.15) is 16.5 Å². The zero-order valence-electron chi connectivity index (χ0n) is 15.8. The number of nitrogens with zero attached hydrogens (tertiary/aromatic N) is 2. The fourth-order valence-electron chi connectivity index (χ4n) is 2.81. The molecule has 0 aliphatic rings. The average molecular weight is 401 g/mol. The second kappa shape index (κ2) is 8.67. The molecule has 1 aromatic heterocycles. The monoisotopic (exact) mass is 401 g/mol. The van der Waals surface area contributed by atoms with Crippen molar-refractivity contribution in [2.24, 2.45) is 0 Å². The molecule has 0 unspecified atom stereocenters. The summed E-state index contributed by atoms with van der Waals surface area (Å²) >= 11 is 1.47. The summed E-state index contributed by atoms with van der Waals surface area (Å²) in [5, 5.41) is 8.13. The molecule has 0 saturated carbocycles. The lowest BCUT2D eigenvalue weighted by atomic mass is 10.1. The third-order valence-electron chi connectivity index (χ3n) is 4.23. The van der Waals surface area contributed by atoms with E-state index in [1.54, 1.807) is 0 Å². The van der Waals surface area contributed by atoms with Crippen LogP contribution in [0.25, 0.3) is 11.3 Å². The van der Waals surface area contributed by atoms with Gasteiger partial charge < -0.3 is 10.1 Å². The Labute approximate surface area is 173 Å². The van der Waals surface area contributed by atoms with Gasteiger partial charge in [0, 0.05) is 11.3 Å². The van der Waals surface area contributed by atoms with Gasteiger partial charge in [-0.25, -0.2) is 4.79 Å². The SMILES string of the molecule is CSc1cc(-c2ccc(Oc3ccccc3)cc2)nn1C(=O)Nc1ccccc1. The van der Waals surface area contributed by atoms with E-state index in [-0.39, 0.29) is 6.03 Å². The van der Waals surface area contributed by atoms with Gasteiger partial charge in [0.15, 0.2) is 0 Å². The van der Waals surface area contributed by atoms with E-state index >= 15 is 0 Å². The Morgan fingerprint density at radius 1 is 0.897 bits per heavy atom. The van der Waals surface area contributed by atoms with E-state index < -0.39 is 0 Å². The lowest BCUT2D eigenvalue weighted by Crippen LogP contribution is -2.21. The molecule has 0 bridgehead atoms. The molecular formula is C23H19N3O2S. The Hall–Kier alpha value is -3.51. The van der Waals surface area contributed by atoms with Crippen LogP contribution in [0.5, 0.6) is 11.5 Å². The molecule has 0 aliphatic carbocycles. The van der Waals surface area contributed by atoms with E-state index in [0.29, 0.717) is 0 Å². The predicted molar refractivity (Wildman–Crippen MR) is 117 cm³/mol. The number of hydrogen-bond acceptors (Lipinski definition) is 4. The first kappa shape index (κ1) is 18.8. The highest BCUT2D eigenvalue weighted by atomic mass is 32.2. The lowest BCUT2D eigenvalue weighted by Gasteiger charge is -2.07. The molecule has 0 spiro atoms. The molecule has 1 heterocycles. The molecule has 0 atom stereocenters. The number of carbonyl (C=O) groups excluding carboxylic acids is 1. The molecular weight excluding hydrogens is 382 g/mol. The van der Waals surface area contributed by atoms with Crippen molar-refractivity contribution in [3.63, 3.8) is 0 Å². The molecule has 0 aliphatic heterocycles. The van der Waals surface area contributed by atoms with E-state index in [0.717, 1.165) is 33.5 Å². The number of benzene rings is 3. The van der Waals surface area contributed by atoms with Crippen LogP contribution in [0.2, 0.25) is 0 Å². The van der Waals surface area contributed by atoms with Crippen molar-refractivity contribution in [2.45, 2.75) is 5.03 Å². The first-order chi connectivity index (χ1) is 14.2. The van der Waals surface area contributed by atoms with Gasteiger partial charge in [-0.15, -0.1) is 11.8 Å². The third kappa shape index (κ3) is 4.50. The summed E-state index contributed by atoms with van der Waals surface area (Å²) < 4.78 is 7.22. The molecule has 1 amide bonds. The maximum absolute atomic E-state index is 12.7. The van der Waals surface area contributed by atoms with Gasteiger partial charge in [-0.1, -0.05) is 36.4 Å². The van der Waals surface area contributed by atoms with E-state index in [9.17, 15) is 4.79 Å². The second-order valence-electron chi connectivity index (χ2n) is 6.22. The minimum atomic E-state index is -0.296. The van der Waals surface area contributed by atoms with E-state index in [2.05, 4.69) is 10.4 Å². The minimum Gasteiger partial charge on any atom is -0.457 e. The second-order valence-corrected chi connectivity index (χ2v) is 7.05. The number of anilines is 1. The number of hydrogen-bond donors (Lipinski definition) is 1. The molecule has 0 fully saturated rings. The van der Waals surface area contributed by atoms with Crippen LogP contribution in [0.15, 0.2) is 96.0 Å². The van der Waals surface area contributed by atoms with Crippen molar-refractivity contribution in [2.75, 3.05) is 11.6 Å². The van der Waals surface area contributed by atoms with E-state index in [1.807, 2.05) is 97.3 Å². The molecule has 144 valence electrons. The summed E-state index contributed by atoms with van der Waals surface area (Å²) in [6.45, 7) is 0. The first-order valence-electron chi connectivity index (χ1n) is 9.07. The molecule has 4 aromatic rings. The number of ether oxygens (including phenoxy) is 1. The Kier molecular flexibility index (Phi) is 5.63. The molecule has 0 radical (unpaired) electrons. The third-order valence-corrected chi connectivity index (χ3v) is 4.94. The van der Waals surface area contributed by atoms with Gasteiger partial charge in [-0.05, 0) is 60.9 Å². The first-order valence-corrected chi connectivity index (χ1v) is 10.3. The molecule has 3 aromatic carbocycles. The molecule has 1 N–H and O–H groups in total.